The van der Waals surface area contributed by atoms with Crippen molar-refractivity contribution in [3.8, 4) is 0 Å². The van der Waals surface area contributed by atoms with Gasteiger partial charge in [0.2, 0.25) is 0 Å². The molecule has 1 unspecified atom stereocenters. The monoisotopic (exact) mass is 234 g/mol. The van der Waals surface area contributed by atoms with Crippen LogP contribution in [0, 0.1) is 5.41 Å². The average Bonchev–Trinajstić information content (AvgIpc) is 2.26. The number of hydrogen-bond donors (Lipinski definition) is 3. The standard InChI is InChI=1S/C11H22O5/c1-3-4-9(14)5-10(15)16-8-11(2,6-12)7-13/h9,12-14H,3-8H2,1-2H3. The summed E-state index contributed by atoms with van der Waals surface area (Å²) in [6.45, 7) is 2.98. The van der Waals surface area contributed by atoms with E-state index < -0.39 is 17.5 Å². The maximum absolute atomic E-state index is 11.3. The number of carbonyl (C=O) groups excluding carboxylic acids is 1. The minimum absolute atomic E-state index is 0.0409. The SMILES string of the molecule is CCCC(O)CC(=O)OCC(C)(CO)CO. The molecule has 16 heavy (non-hydrogen) atoms. The van der Waals surface area contributed by atoms with E-state index in [2.05, 4.69) is 0 Å². The van der Waals surface area contributed by atoms with Gasteiger partial charge >= 0.3 is 5.97 Å². The number of aliphatic hydroxyl groups excluding tert-OH is 3. The zero-order chi connectivity index (χ0) is 12.6. The van der Waals surface area contributed by atoms with Crippen molar-refractivity contribution in [2.24, 2.45) is 5.41 Å². The predicted octanol–water partition coefficient (Wildman–Crippen LogP) is 0.0716. The van der Waals surface area contributed by atoms with Crippen LogP contribution in [-0.4, -0.2) is 47.2 Å². The Labute approximate surface area is 96.0 Å². The summed E-state index contributed by atoms with van der Waals surface area (Å²) in [6, 6.07) is 0. The molecule has 0 aliphatic rings. The molecule has 0 saturated heterocycles. The van der Waals surface area contributed by atoms with Crippen molar-refractivity contribution < 1.29 is 24.9 Å². The van der Waals surface area contributed by atoms with E-state index in [9.17, 15) is 9.90 Å². The lowest BCUT2D eigenvalue weighted by molar-refractivity contribution is -0.151. The van der Waals surface area contributed by atoms with Crippen molar-refractivity contribution in [1.82, 2.24) is 0 Å². The number of carbonyl (C=O) groups is 1. The third kappa shape index (κ3) is 6.05. The van der Waals surface area contributed by atoms with Crippen LogP contribution < -0.4 is 0 Å². The van der Waals surface area contributed by atoms with Gasteiger partial charge in [-0.15, -0.1) is 0 Å². The summed E-state index contributed by atoms with van der Waals surface area (Å²) in [5, 5.41) is 27.3. The summed E-state index contributed by atoms with van der Waals surface area (Å²) in [5.74, 6) is -0.505. The molecule has 0 spiro atoms. The van der Waals surface area contributed by atoms with Crippen molar-refractivity contribution in [1.29, 1.82) is 0 Å². The van der Waals surface area contributed by atoms with Crippen molar-refractivity contribution in [3.63, 3.8) is 0 Å². The molecule has 0 aromatic heterocycles. The maximum atomic E-state index is 11.3. The van der Waals surface area contributed by atoms with Gasteiger partial charge in [0, 0.05) is 5.41 Å². The van der Waals surface area contributed by atoms with E-state index in [4.69, 9.17) is 14.9 Å². The first-order valence-electron chi connectivity index (χ1n) is 5.53. The fraction of sp³-hybridized carbons (Fsp3) is 0.909. The van der Waals surface area contributed by atoms with Gasteiger partial charge in [-0.05, 0) is 6.42 Å². The lowest BCUT2D eigenvalue weighted by Gasteiger charge is -2.24. The Bertz CT molecular complexity index is 201. The Morgan fingerprint density at radius 2 is 1.94 bits per heavy atom. The van der Waals surface area contributed by atoms with E-state index in [1.165, 1.54) is 0 Å². The molecule has 0 aliphatic carbocycles. The molecule has 3 N–H and O–H groups in total. The van der Waals surface area contributed by atoms with Crippen LogP contribution in [0.1, 0.15) is 33.1 Å². The summed E-state index contributed by atoms with van der Waals surface area (Å²) >= 11 is 0. The molecule has 0 fully saturated rings. The van der Waals surface area contributed by atoms with Crippen molar-refractivity contribution in [2.75, 3.05) is 19.8 Å². The quantitative estimate of drug-likeness (QED) is 0.517. The summed E-state index contributed by atoms with van der Waals surface area (Å²) in [5.41, 5.74) is -0.814. The van der Waals surface area contributed by atoms with E-state index in [1.54, 1.807) is 6.92 Å². The number of aliphatic hydroxyl groups is 3. The van der Waals surface area contributed by atoms with Gasteiger partial charge in [-0.2, -0.15) is 0 Å². The van der Waals surface area contributed by atoms with Crippen LogP contribution in [0.25, 0.3) is 0 Å². The molecule has 0 rings (SSSR count). The number of esters is 1. The molecule has 0 bridgehead atoms. The molecule has 0 radical (unpaired) electrons. The van der Waals surface area contributed by atoms with Gasteiger partial charge in [0.05, 0.1) is 25.7 Å². The molecule has 0 amide bonds. The Morgan fingerprint density at radius 1 is 1.38 bits per heavy atom. The second-order valence-electron chi connectivity index (χ2n) is 4.43. The van der Waals surface area contributed by atoms with Crippen molar-refractivity contribution >= 4 is 5.97 Å². The topological polar surface area (TPSA) is 87.0 Å². The minimum atomic E-state index is -0.814. The molecular weight excluding hydrogens is 212 g/mol. The van der Waals surface area contributed by atoms with E-state index in [0.29, 0.717) is 6.42 Å². The van der Waals surface area contributed by atoms with Crippen LogP contribution in [0.4, 0.5) is 0 Å². The Balaban J connectivity index is 3.88. The summed E-state index contributed by atoms with van der Waals surface area (Å²) < 4.78 is 4.89. The second-order valence-corrected chi connectivity index (χ2v) is 4.43. The van der Waals surface area contributed by atoms with Gasteiger partial charge in [0.15, 0.2) is 0 Å². The molecular formula is C11H22O5. The van der Waals surface area contributed by atoms with Crippen LogP contribution in [-0.2, 0) is 9.53 Å². The first kappa shape index (κ1) is 15.3. The van der Waals surface area contributed by atoms with E-state index in [0.717, 1.165) is 6.42 Å². The maximum Gasteiger partial charge on any atom is 0.308 e. The first-order valence-corrected chi connectivity index (χ1v) is 5.53. The van der Waals surface area contributed by atoms with Gasteiger partial charge in [-0.3, -0.25) is 4.79 Å². The van der Waals surface area contributed by atoms with Gasteiger partial charge < -0.3 is 20.1 Å². The largest absolute Gasteiger partial charge is 0.465 e. The molecule has 0 aromatic carbocycles. The third-order valence-electron chi connectivity index (χ3n) is 2.37. The highest BCUT2D eigenvalue weighted by atomic mass is 16.5. The molecule has 0 aromatic rings. The summed E-state index contributed by atoms with van der Waals surface area (Å²) in [7, 11) is 0. The highest BCUT2D eigenvalue weighted by Gasteiger charge is 2.25. The van der Waals surface area contributed by atoms with Crippen LogP contribution in [0.15, 0.2) is 0 Å². The minimum Gasteiger partial charge on any atom is -0.465 e. The molecule has 1 atom stereocenters. The zero-order valence-electron chi connectivity index (χ0n) is 9.98. The number of hydrogen-bond acceptors (Lipinski definition) is 5. The third-order valence-corrected chi connectivity index (χ3v) is 2.37. The van der Waals surface area contributed by atoms with E-state index in [1.807, 2.05) is 6.92 Å². The van der Waals surface area contributed by atoms with Crippen molar-refractivity contribution in [2.45, 2.75) is 39.2 Å². The van der Waals surface area contributed by atoms with Gasteiger partial charge in [0.25, 0.3) is 0 Å². The van der Waals surface area contributed by atoms with Crippen LogP contribution in [0.2, 0.25) is 0 Å². The summed E-state index contributed by atoms with van der Waals surface area (Å²) in [4.78, 5) is 11.3. The van der Waals surface area contributed by atoms with E-state index in [-0.39, 0.29) is 26.2 Å². The molecule has 0 aliphatic heterocycles. The van der Waals surface area contributed by atoms with Gasteiger partial charge in [0.1, 0.15) is 6.61 Å². The predicted molar refractivity (Wildman–Crippen MR) is 58.8 cm³/mol. The Morgan fingerprint density at radius 3 is 2.38 bits per heavy atom. The van der Waals surface area contributed by atoms with Gasteiger partial charge in [-0.1, -0.05) is 20.3 Å². The molecule has 5 heteroatoms. The normalized spacial score (nSPS) is 13.6. The number of rotatable bonds is 8. The van der Waals surface area contributed by atoms with Crippen LogP contribution in [0.3, 0.4) is 0 Å². The van der Waals surface area contributed by atoms with E-state index >= 15 is 0 Å². The second kappa shape index (κ2) is 7.60. The van der Waals surface area contributed by atoms with Crippen molar-refractivity contribution in [3.05, 3.63) is 0 Å². The molecule has 5 nitrogen and oxygen atoms in total. The summed E-state index contributed by atoms with van der Waals surface area (Å²) in [6.07, 6.45) is 0.652. The number of ether oxygens (including phenoxy) is 1. The first-order chi connectivity index (χ1) is 7.47. The smallest absolute Gasteiger partial charge is 0.308 e. The Kier molecular flexibility index (Phi) is 7.29. The lowest BCUT2D eigenvalue weighted by Crippen LogP contribution is -2.33. The zero-order valence-corrected chi connectivity index (χ0v) is 9.98. The highest BCUT2D eigenvalue weighted by molar-refractivity contribution is 5.69. The molecule has 0 heterocycles. The van der Waals surface area contributed by atoms with Crippen LogP contribution in [0.5, 0.6) is 0 Å². The van der Waals surface area contributed by atoms with Crippen LogP contribution >= 0.6 is 0 Å². The van der Waals surface area contributed by atoms with Gasteiger partial charge in [-0.25, -0.2) is 0 Å². The fourth-order valence-electron chi connectivity index (χ4n) is 1.08. The molecule has 96 valence electrons. The average molecular weight is 234 g/mol. The Hall–Kier alpha value is -0.650. The lowest BCUT2D eigenvalue weighted by atomic mass is 9.94. The highest BCUT2D eigenvalue weighted by Crippen LogP contribution is 2.15. The fourth-order valence-corrected chi connectivity index (χ4v) is 1.08. The molecule has 0 saturated carbocycles.